The molecule has 1 unspecified atom stereocenters. The van der Waals surface area contributed by atoms with Gasteiger partial charge in [0, 0.05) is 18.2 Å². The quantitative estimate of drug-likeness (QED) is 0.798. The van der Waals surface area contributed by atoms with E-state index in [1.54, 1.807) is 0 Å². The summed E-state index contributed by atoms with van der Waals surface area (Å²) in [7, 11) is 0. The fraction of sp³-hybridized carbons (Fsp3) is 0.647. The summed E-state index contributed by atoms with van der Waals surface area (Å²) in [4.78, 5) is 0. The highest BCUT2D eigenvalue weighted by Gasteiger charge is 2.26. The van der Waals surface area contributed by atoms with Crippen LogP contribution in [0, 0.1) is 17.0 Å². The molecule has 114 valence electrons. The van der Waals surface area contributed by atoms with E-state index in [2.05, 4.69) is 39.9 Å². The van der Waals surface area contributed by atoms with Gasteiger partial charge in [-0.2, -0.15) is 0 Å². The summed E-state index contributed by atoms with van der Waals surface area (Å²) in [5, 5.41) is 3.51. The van der Waals surface area contributed by atoms with Crippen LogP contribution in [-0.4, -0.2) is 12.1 Å². The Bertz CT molecular complexity index is 417. The van der Waals surface area contributed by atoms with Crippen molar-refractivity contribution in [3.05, 3.63) is 35.4 Å². The third-order valence-electron chi connectivity index (χ3n) is 3.45. The van der Waals surface area contributed by atoms with Crippen molar-refractivity contribution in [1.82, 2.24) is 5.32 Å². The average molecular weight is 283 g/mol. The number of benzene rings is 1. The van der Waals surface area contributed by atoms with Gasteiger partial charge >= 0.3 is 0 Å². The third kappa shape index (κ3) is 6.00. The van der Waals surface area contributed by atoms with Crippen molar-refractivity contribution < 1.29 is 8.78 Å². The Hall–Kier alpha value is -0.960. The smallest absolute Gasteiger partial charge is 0.126 e. The molecule has 3 heteroatoms. The molecule has 0 heterocycles. The largest absolute Gasteiger partial charge is 0.312 e. The van der Waals surface area contributed by atoms with E-state index in [9.17, 15) is 8.78 Å². The molecular formula is C17H27F2N. The minimum absolute atomic E-state index is 0.00225. The number of rotatable bonds is 6. The molecule has 0 fully saturated rings. The first-order chi connectivity index (χ1) is 9.13. The lowest BCUT2D eigenvalue weighted by Gasteiger charge is -2.34. The molecular weight excluding hydrogens is 256 g/mol. The molecule has 1 aromatic carbocycles. The van der Waals surface area contributed by atoms with Gasteiger partial charge < -0.3 is 5.32 Å². The Kier molecular flexibility index (Phi) is 5.69. The van der Waals surface area contributed by atoms with Crippen LogP contribution in [0.4, 0.5) is 8.78 Å². The summed E-state index contributed by atoms with van der Waals surface area (Å²) >= 11 is 0. The SMILES string of the molecule is CCCC(C)(CNC(C)(C)C)Cc1cc(F)cc(F)c1. The van der Waals surface area contributed by atoms with Gasteiger partial charge in [-0.25, -0.2) is 8.78 Å². The maximum absolute atomic E-state index is 13.3. The van der Waals surface area contributed by atoms with Crippen LogP contribution in [0.1, 0.15) is 53.0 Å². The number of halogens is 2. The normalized spacial score (nSPS) is 15.2. The highest BCUT2D eigenvalue weighted by atomic mass is 19.1. The van der Waals surface area contributed by atoms with E-state index in [0.717, 1.165) is 31.0 Å². The zero-order chi connectivity index (χ0) is 15.4. The van der Waals surface area contributed by atoms with Crippen molar-refractivity contribution in [1.29, 1.82) is 0 Å². The molecule has 1 N–H and O–H groups in total. The molecule has 0 bridgehead atoms. The molecule has 1 nitrogen and oxygen atoms in total. The summed E-state index contributed by atoms with van der Waals surface area (Å²) in [6, 6.07) is 3.80. The van der Waals surface area contributed by atoms with Crippen molar-refractivity contribution in [2.45, 2.75) is 59.4 Å². The molecule has 0 radical (unpaired) electrons. The monoisotopic (exact) mass is 283 g/mol. The van der Waals surface area contributed by atoms with Gasteiger partial charge in [-0.05, 0) is 56.7 Å². The van der Waals surface area contributed by atoms with Gasteiger partial charge in [0.2, 0.25) is 0 Å². The van der Waals surface area contributed by atoms with Crippen molar-refractivity contribution >= 4 is 0 Å². The molecule has 0 aliphatic carbocycles. The lowest BCUT2D eigenvalue weighted by Crippen LogP contribution is -2.43. The third-order valence-corrected chi connectivity index (χ3v) is 3.45. The van der Waals surface area contributed by atoms with E-state index >= 15 is 0 Å². The first-order valence-corrected chi connectivity index (χ1v) is 7.33. The predicted molar refractivity (Wildman–Crippen MR) is 80.8 cm³/mol. The fourth-order valence-corrected chi connectivity index (χ4v) is 2.53. The molecule has 0 saturated carbocycles. The van der Waals surface area contributed by atoms with Gasteiger partial charge in [0.1, 0.15) is 11.6 Å². The lowest BCUT2D eigenvalue weighted by molar-refractivity contribution is 0.243. The molecule has 0 aliphatic heterocycles. The molecule has 0 aliphatic rings. The van der Waals surface area contributed by atoms with E-state index in [1.807, 2.05) is 0 Å². The van der Waals surface area contributed by atoms with Crippen LogP contribution in [0.15, 0.2) is 18.2 Å². The van der Waals surface area contributed by atoms with Gasteiger partial charge in [0.25, 0.3) is 0 Å². The van der Waals surface area contributed by atoms with E-state index < -0.39 is 11.6 Å². The van der Waals surface area contributed by atoms with Gasteiger partial charge in [-0.3, -0.25) is 0 Å². The van der Waals surface area contributed by atoms with Gasteiger partial charge in [-0.15, -0.1) is 0 Å². The van der Waals surface area contributed by atoms with Crippen LogP contribution in [0.5, 0.6) is 0 Å². The van der Waals surface area contributed by atoms with Gasteiger partial charge in [0.05, 0.1) is 0 Å². The Balaban J connectivity index is 2.84. The van der Waals surface area contributed by atoms with Crippen LogP contribution in [0.2, 0.25) is 0 Å². The highest BCUT2D eigenvalue weighted by Crippen LogP contribution is 2.29. The lowest BCUT2D eigenvalue weighted by atomic mass is 9.79. The van der Waals surface area contributed by atoms with E-state index in [-0.39, 0.29) is 11.0 Å². The van der Waals surface area contributed by atoms with Crippen LogP contribution in [-0.2, 0) is 6.42 Å². The maximum atomic E-state index is 13.3. The van der Waals surface area contributed by atoms with Crippen molar-refractivity contribution in [3.8, 4) is 0 Å². The number of nitrogens with one attached hydrogen (secondary N) is 1. The summed E-state index contributed by atoms with van der Waals surface area (Å²) in [6.45, 7) is 11.5. The molecule has 0 saturated heterocycles. The highest BCUT2D eigenvalue weighted by molar-refractivity contribution is 5.19. The number of hydrogen-bond donors (Lipinski definition) is 1. The van der Waals surface area contributed by atoms with Gasteiger partial charge in [0.15, 0.2) is 0 Å². The molecule has 0 aromatic heterocycles. The van der Waals surface area contributed by atoms with Crippen LogP contribution in [0.25, 0.3) is 0 Å². The Morgan fingerprint density at radius 1 is 1.00 bits per heavy atom. The zero-order valence-corrected chi connectivity index (χ0v) is 13.3. The van der Waals surface area contributed by atoms with Crippen molar-refractivity contribution in [3.63, 3.8) is 0 Å². The average Bonchev–Trinajstić information content (AvgIpc) is 2.24. The second-order valence-electron chi connectivity index (χ2n) is 7.12. The molecule has 20 heavy (non-hydrogen) atoms. The first-order valence-electron chi connectivity index (χ1n) is 7.33. The first kappa shape index (κ1) is 17.1. The summed E-state index contributed by atoms with van der Waals surface area (Å²) in [5.74, 6) is -0.995. The maximum Gasteiger partial charge on any atom is 0.126 e. The minimum atomic E-state index is -0.498. The van der Waals surface area contributed by atoms with Crippen molar-refractivity contribution in [2.75, 3.05) is 6.54 Å². The van der Waals surface area contributed by atoms with E-state index in [1.165, 1.54) is 12.1 Å². The summed E-state index contributed by atoms with van der Waals surface area (Å²) < 4.78 is 26.6. The van der Waals surface area contributed by atoms with Gasteiger partial charge in [-0.1, -0.05) is 20.3 Å². The number of hydrogen-bond acceptors (Lipinski definition) is 1. The molecule has 1 rings (SSSR count). The fourth-order valence-electron chi connectivity index (χ4n) is 2.53. The predicted octanol–water partition coefficient (Wildman–Crippen LogP) is 4.70. The second-order valence-corrected chi connectivity index (χ2v) is 7.12. The topological polar surface area (TPSA) is 12.0 Å². The van der Waals surface area contributed by atoms with E-state index in [4.69, 9.17) is 0 Å². The minimum Gasteiger partial charge on any atom is -0.312 e. The molecule has 1 atom stereocenters. The Labute approximate surface area is 121 Å². The zero-order valence-electron chi connectivity index (χ0n) is 13.3. The Morgan fingerprint density at radius 2 is 1.55 bits per heavy atom. The molecule has 0 spiro atoms. The second kappa shape index (κ2) is 6.66. The molecule has 1 aromatic rings. The van der Waals surface area contributed by atoms with Crippen LogP contribution < -0.4 is 5.32 Å². The summed E-state index contributed by atoms with van der Waals surface area (Å²) in [5.41, 5.74) is 0.777. The van der Waals surface area contributed by atoms with Crippen LogP contribution >= 0.6 is 0 Å². The van der Waals surface area contributed by atoms with Crippen LogP contribution in [0.3, 0.4) is 0 Å². The van der Waals surface area contributed by atoms with Crippen molar-refractivity contribution in [2.24, 2.45) is 5.41 Å². The molecule has 0 amide bonds. The Morgan fingerprint density at radius 3 is 2.00 bits per heavy atom. The standard InChI is InChI=1S/C17H27F2N/c1-6-7-17(5,12-20-16(2,3)4)11-13-8-14(18)10-15(19)9-13/h8-10,20H,6-7,11-12H2,1-5H3. The summed E-state index contributed by atoms with van der Waals surface area (Å²) in [6.07, 6.45) is 2.76. The van der Waals surface area contributed by atoms with E-state index in [0.29, 0.717) is 6.42 Å².